The Morgan fingerprint density at radius 1 is 1.57 bits per heavy atom. The zero-order valence-electron chi connectivity index (χ0n) is 3.59. The zero-order chi connectivity index (χ0) is 6.28. The van der Waals surface area contributed by atoms with Crippen LogP contribution < -0.4 is 17.2 Å². The van der Waals surface area contributed by atoms with Crippen molar-refractivity contribution in [3.05, 3.63) is 0 Å². The molecule has 0 aromatic heterocycles. The van der Waals surface area contributed by atoms with Gasteiger partial charge in [0, 0.05) is 0 Å². The molecule has 6 N–H and O–H groups in total. The van der Waals surface area contributed by atoms with Gasteiger partial charge in [0.2, 0.25) is 0 Å². The first-order valence-corrected chi connectivity index (χ1v) is 1.29. The molecule has 0 saturated carbocycles. The summed E-state index contributed by atoms with van der Waals surface area (Å²) in [6.07, 6.45) is 1.25. The monoisotopic (exact) mass is 102 g/mol. The summed E-state index contributed by atoms with van der Waals surface area (Å²) in [5.41, 5.74) is 12.7. The summed E-state index contributed by atoms with van der Waals surface area (Å²) in [4.78, 5) is 9.00. The van der Waals surface area contributed by atoms with Crippen LogP contribution in [-0.4, -0.2) is 6.03 Å². The van der Waals surface area contributed by atoms with Crippen LogP contribution in [0.5, 0.6) is 0 Å². The zero-order valence-corrected chi connectivity index (χ0v) is 3.59. The number of urea groups is 1. The van der Waals surface area contributed by atoms with Crippen molar-refractivity contribution in [3.8, 4) is 6.19 Å². The molecule has 5 heteroatoms. The van der Waals surface area contributed by atoms with Gasteiger partial charge in [0.1, 0.15) is 0 Å². The van der Waals surface area contributed by atoms with Gasteiger partial charge in [-0.25, -0.2) is 4.79 Å². The highest BCUT2D eigenvalue weighted by Gasteiger charge is 1.60. The van der Waals surface area contributed by atoms with Gasteiger partial charge in [-0.2, -0.15) is 5.26 Å². The van der Waals surface area contributed by atoms with Crippen molar-refractivity contribution in [2.45, 2.75) is 0 Å². The van der Waals surface area contributed by atoms with E-state index in [1.165, 1.54) is 6.19 Å². The number of carbonyl (C=O) groups is 1. The van der Waals surface area contributed by atoms with Crippen LogP contribution in [0.2, 0.25) is 0 Å². The molecule has 2 amide bonds. The number of primary amides is 2. The van der Waals surface area contributed by atoms with Crippen LogP contribution in [0.15, 0.2) is 0 Å². The van der Waals surface area contributed by atoms with E-state index in [4.69, 9.17) is 10.1 Å². The van der Waals surface area contributed by atoms with Crippen LogP contribution >= 0.6 is 0 Å². The first-order valence-electron chi connectivity index (χ1n) is 1.29. The van der Waals surface area contributed by atoms with Gasteiger partial charge in [0.15, 0.2) is 6.19 Å². The Morgan fingerprint density at radius 3 is 1.57 bits per heavy atom. The normalized spacial score (nSPS) is 4.43. The van der Waals surface area contributed by atoms with E-state index in [2.05, 4.69) is 17.2 Å². The van der Waals surface area contributed by atoms with Crippen LogP contribution in [0.3, 0.4) is 0 Å². The molecule has 0 atom stereocenters. The van der Waals surface area contributed by atoms with Crippen molar-refractivity contribution >= 4 is 6.03 Å². The van der Waals surface area contributed by atoms with Crippen molar-refractivity contribution in [3.63, 3.8) is 0 Å². The molecule has 0 bridgehead atoms. The molecule has 0 aliphatic carbocycles. The van der Waals surface area contributed by atoms with Gasteiger partial charge in [-0.3, -0.25) is 0 Å². The molecule has 0 rings (SSSR count). The smallest absolute Gasteiger partial charge is 0.309 e. The van der Waals surface area contributed by atoms with Crippen LogP contribution in [0.4, 0.5) is 4.79 Å². The van der Waals surface area contributed by atoms with Gasteiger partial charge < -0.3 is 17.2 Å². The van der Waals surface area contributed by atoms with Crippen molar-refractivity contribution in [2.24, 2.45) is 17.2 Å². The maximum atomic E-state index is 9.00. The Labute approximate surface area is 40.7 Å². The van der Waals surface area contributed by atoms with Crippen LogP contribution in [0.1, 0.15) is 0 Å². The summed E-state index contributed by atoms with van der Waals surface area (Å²) < 4.78 is 0. The van der Waals surface area contributed by atoms with E-state index >= 15 is 0 Å². The number of carbonyl (C=O) groups excluding carboxylic acids is 1. The molecule has 0 aromatic carbocycles. The number of hydrogen-bond donors (Lipinski definition) is 3. The average molecular weight is 102 g/mol. The van der Waals surface area contributed by atoms with Crippen molar-refractivity contribution in [1.29, 1.82) is 5.26 Å². The largest absolute Gasteiger partial charge is 0.352 e. The van der Waals surface area contributed by atoms with Gasteiger partial charge in [0.25, 0.3) is 0 Å². The van der Waals surface area contributed by atoms with Gasteiger partial charge in [-0.05, 0) is 0 Å². The molecule has 40 valence electrons. The lowest BCUT2D eigenvalue weighted by atomic mass is 11.2. The van der Waals surface area contributed by atoms with Crippen LogP contribution in [-0.2, 0) is 0 Å². The fourth-order valence-corrected chi connectivity index (χ4v) is 0. The molecule has 0 unspecified atom stereocenters. The number of nitrogens with two attached hydrogens (primary N) is 3. The van der Waals surface area contributed by atoms with E-state index < -0.39 is 6.03 Å². The maximum absolute atomic E-state index is 9.00. The standard InChI is InChI=1S/CH4N2O.CH2N2/c2-1(3)4;2-1-3/h(H4,2,3,4);2H2. The summed E-state index contributed by atoms with van der Waals surface area (Å²) >= 11 is 0. The Hall–Kier alpha value is -1.44. The Balaban J connectivity index is 0. The number of nitrogens with zero attached hydrogens (tertiary/aromatic N) is 1. The van der Waals surface area contributed by atoms with Gasteiger partial charge in [-0.1, -0.05) is 0 Å². The van der Waals surface area contributed by atoms with Crippen LogP contribution in [0.25, 0.3) is 0 Å². The minimum absolute atomic E-state index is 0.833. The van der Waals surface area contributed by atoms with Gasteiger partial charge in [0.05, 0.1) is 0 Å². The number of hydrogen-bond acceptors (Lipinski definition) is 3. The van der Waals surface area contributed by atoms with Crippen LogP contribution in [0, 0.1) is 11.5 Å². The molecule has 0 aliphatic rings. The Kier molecular flexibility index (Phi) is 11.5. The van der Waals surface area contributed by atoms with Gasteiger partial charge in [-0.15, -0.1) is 0 Å². The third-order valence-electron chi connectivity index (χ3n) is 0. The summed E-state index contributed by atoms with van der Waals surface area (Å²) in [6.45, 7) is 0. The molecule has 0 heterocycles. The molecule has 0 radical (unpaired) electrons. The summed E-state index contributed by atoms with van der Waals surface area (Å²) in [5.74, 6) is 0. The van der Waals surface area contributed by atoms with E-state index in [1.807, 2.05) is 0 Å². The third kappa shape index (κ3) is 14.4. The molecule has 0 saturated heterocycles. The second-order valence-electron chi connectivity index (χ2n) is 0.531. The Bertz CT molecular complexity index is 78.2. The minimum atomic E-state index is -0.833. The lowest BCUT2D eigenvalue weighted by Crippen LogP contribution is -2.18. The maximum Gasteiger partial charge on any atom is 0.309 e. The molecular weight excluding hydrogens is 96.0 g/mol. The predicted octanol–water partition coefficient (Wildman–Crippen LogP) is -1.55. The van der Waals surface area contributed by atoms with Crippen molar-refractivity contribution < 1.29 is 4.79 Å². The molecule has 0 spiro atoms. The highest BCUT2D eigenvalue weighted by atomic mass is 16.2. The molecule has 0 aliphatic heterocycles. The minimum Gasteiger partial charge on any atom is -0.352 e. The number of rotatable bonds is 0. The summed E-state index contributed by atoms with van der Waals surface area (Å²) in [5, 5.41) is 7.10. The van der Waals surface area contributed by atoms with Gasteiger partial charge >= 0.3 is 6.03 Å². The molecule has 0 fully saturated rings. The first kappa shape index (κ1) is 9.12. The molecule has 7 heavy (non-hydrogen) atoms. The average Bonchev–Trinajstić information content (AvgIpc) is 1.33. The van der Waals surface area contributed by atoms with E-state index in [0.29, 0.717) is 0 Å². The summed E-state index contributed by atoms with van der Waals surface area (Å²) in [7, 11) is 0. The first-order chi connectivity index (χ1) is 3.15. The number of amides is 2. The molecule has 0 aromatic rings. The van der Waals surface area contributed by atoms with E-state index in [1.54, 1.807) is 0 Å². The second kappa shape index (κ2) is 8.82. The van der Waals surface area contributed by atoms with E-state index in [0.717, 1.165) is 0 Å². The van der Waals surface area contributed by atoms with E-state index in [-0.39, 0.29) is 0 Å². The second-order valence-corrected chi connectivity index (χ2v) is 0.531. The third-order valence-corrected chi connectivity index (χ3v) is 0. The number of nitriles is 1. The highest BCUT2D eigenvalue weighted by Crippen LogP contribution is 1.25. The predicted molar refractivity (Wildman–Crippen MR) is 23.6 cm³/mol. The SMILES string of the molecule is N#CN.NC(N)=O. The quantitative estimate of drug-likeness (QED) is 0.253. The molecular formula is C2H6N4O. The van der Waals surface area contributed by atoms with Crippen molar-refractivity contribution in [1.82, 2.24) is 0 Å². The lowest BCUT2D eigenvalue weighted by molar-refractivity contribution is 0.256. The lowest BCUT2D eigenvalue weighted by Gasteiger charge is -1.62. The van der Waals surface area contributed by atoms with E-state index in [9.17, 15) is 0 Å². The fourth-order valence-electron chi connectivity index (χ4n) is 0. The van der Waals surface area contributed by atoms with Crippen molar-refractivity contribution in [2.75, 3.05) is 0 Å². The molecule has 5 nitrogen and oxygen atoms in total. The topological polar surface area (TPSA) is 119 Å². The Morgan fingerprint density at radius 2 is 1.57 bits per heavy atom. The highest BCUT2D eigenvalue weighted by molar-refractivity contribution is 5.69. The summed E-state index contributed by atoms with van der Waals surface area (Å²) in [6, 6.07) is -0.833. The fraction of sp³-hybridized carbons (Fsp3) is 0.